The molecule has 4 rings (SSSR count). The van der Waals surface area contributed by atoms with E-state index in [2.05, 4.69) is 0 Å². The monoisotopic (exact) mass is 302 g/mol. The highest BCUT2D eigenvalue weighted by Crippen LogP contribution is 2.41. The van der Waals surface area contributed by atoms with Gasteiger partial charge in [-0.05, 0) is 37.7 Å². The van der Waals surface area contributed by atoms with Crippen LogP contribution < -0.4 is 5.56 Å². The molecule has 5 nitrogen and oxygen atoms in total. The molecule has 3 fully saturated rings. The van der Waals surface area contributed by atoms with Gasteiger partial charge >= 0.3 is 0 Å². The Morgan fingerprint density at radius 3 is 2.86 bits per heavy atom. The highest BCUT2D eigenvalue weighted by atomic mass is 16.5. The summed E-state index contributed by atoms with van der Waals surface area (Å²) >= 11 is 0. The van der Waals surface area contributed by atoms with Gasteiger partial charge in [0.05, 0.1) is 12.1 Å². The van der Waals surface area contributed by atoms with Crippen LogP contribution in [-0.2, 0) is 16.1 Å². The maximum Gasteiger partial charge on any atom is 0.250 e. The van der Waals surface area contributed by atoms with Gasteiger partial charge in [0, 0.05) is 31.3 Å². The highest BCUT2D eigenvalue weighted by molar-refractivity contribution is 5.77. The van der Waals surface area contributed by atoms with Crippen LogP contribution in [-0.4, -0.2) is 40.7 Å². The minimum absolute atomic E-state index is 0.0421. The Balaban J connectivity index is 1.41. The molecule has 0 N–H and O–H groups in total. The lowest BCUT2D eigenvalue weighted by Gasteiger charge is -2.27. The van der Waals surface area contributed by atoms with Crippen LogP contribution in [0.15, 0.2) is 29.2 Å². The number of rotatable bonds is 5. The molecule has 3 aliphatic rings. The Hall–Kier alpha value is -1.62. The van der Waals surface area contributed by atoms with Crippen LogP contribution in [0, 0.1) is 11.8 Å². The highest BCUT2D eigenvalue weighted by Gasteiger charge is 2.49. The van der Waals surface area contributed by atoms with Crippen LogP contribution in [0.4, 0.5) is 0 Å². The summed E-state index contributed by atoms with van der Waals surface area (Å²) in [4.78, 5) is 26.3. The lowest BCUT2D eigenvalue weighted by molar-refractivity contribution is -0.134. The van der Waals surface area contributed by atoms with Gasteiger partial charge in [-0.25, -0.2) is 0 Å². The van der Waals surface area contributed by atoms with Crippen molar-refractivity contribution in [2.24, 2.45) is 11.8 Å². The van der Waals surface area contributed by atoms with Gasteiger partial charge in [-0.3, -0.25) is 9.59 Å². The first kappa shape index (κ1) is 14.0. The molecule has 2 bridgehead atoms. The van der Waals surface area contributed by atoms with E-state index in [0.717, 1.165) is 31.9 Å². The van der Waals surface area contributed by atoms with Gasteiger partial charge in [0.25, 0.3) is 5.56 Å². The summed E-state index contributed by atoms with van der Waals surface area (Å²) in [7, 11) is 0. The van der Waals surface area contributed by atoms with Crippen molar-refractivity contribution in [3.8, 4) is 0 Å². The van der Waals surface area contributed by atoms with E-state index in [-0.39, 0.29) is 30.2 Å². The van der Waals surface area contributed by atoms with Gasteiger partial charge in [0.15, 0.2) is 0 Å². The number of likely N-dealkylation sites (tertiary alicyclic amines) is 1. The maximum atomic E-state index is 12.6. The average Bonchev–Trinajstić information content (AvgIpc) is 3.20. The lowest BCUT2D eigenvalue weighted by atomic mass is 10.1. The van der Waals surface area contributed by atoms with Crippen molar-refractivity contribution in [3.63, 3.8) is 0 Å². The fourth-order valence-corrected chi connectivity index (χ4v) is 3.84. The zero-order chi connectivity index (χ0) is 15.1. The van der Waals surface area contributed by atoms with Crippen LogP contribution in [0.5, 0.6) is 0 Å². The second kappa shape index (κ2) is 5.54. The molecule has 22 heavy (non-hydrogen) atoms. The molecule has 1 aromatic heterocycles. The van der Waals surface area contributed by atoms with Gasteiger partial charge in [-0.1, -0.05) is 6.07 Å². The quantitative estimate of drug-likeness (QED) is 0.823. The molecule has 1 aromatic rings. The standard InChI is InChI=1S/C17H22N2O3/c20-15-3-1-2-8-18(15)10-16(21)19-9-13-6-7-14(19)17(13)22-11-12-4-5-12/h1-3,8,12-14,17H,4-7,9-11H2. The van der Waals surface area contributed by atoms with Gasteiger partial charge in [-0.15, -0.1) is 0 Å². The van der Waals surface area contributed by atoms with Crippen molar-refractivity contribution < 1.29 is 9.53 Å². The fourth-order valence-electron chi connectivity index (χ4n) is 3.84. The molecule has 118 valence electrons. The molecule has 0 spiro atoms. The van der Waals surface area contributed by atoms with Gasteiger partial charge in [-0.2, -0.15) is 0 Å². The number of carbonyl (C=O) groups is 1. The van der Waals surface area contributed by atoms with Crippen molar-refractivity contribution in [1.82, 2.24) is 9.47 Å². The van der Waals surface area contributed by atoms with Gasteiger partial charge < -0.3 is 14.2 Å². The summed E-state index contributed by atoms with van der Waals surface area (Å²) in [6.45, 7) is 1.79. The number of hydrogen-bond donors (Lipinski definition) is 0. The Morgan fingerprint density at radius 1 is 1.23 bits per heavy atom. The molecule has 2 saturated carbocycles. The molecule has 1 amide bonds. The number of aromatic nitrogens is 1. The Morgan fingerprint density at radius 2 is 2.09 bits per heavy atom. The Labute approximate surface area is 129 Å². The largest absolute Gasteiger partial charge is 0.375 e. The van der Waals surface area contributed by atoms with Crippen LogP contribution in [0.25, 0.3) is 0 Å². The van der Waals surface area contributed by atoms with E-state index in [0.29, 0.717) is 5.92 Å². The summed E-state index contributed by atoms with van der Waals surface area (Å²) in [6, 6.07) is 5.19. The smallest absolute Gasteiger partial charge is 0.250 e. The van der Waals surface area contributed by atoms with E-state index in [1.54, 1.807) is 18.3 Å². The molecule has 1 aliphatic heterocycles. The van der Waals surface area contributed by atoms with Crippen molar-refractivity contribution in [2.75, 3.05) is 13.2 Å². The molecule has 0 aromatic carbocycles. The third kappa shape index (κ3) is 2.58. The van der Waals surface area contributed by atoms with E-state index >= 15 is 0 Å². The summed E-state index contributed by atoms with van der Waals surface area (Å²) in [5.41, 5.74) is -0.123. The first-order valence-electron chi connectivity index (χ1n) is 8.29. The van der Waals surface area contributed by atoms with Crippen molar-refractivity contribution in [2.45, 2.75) is 44.4 Å². The summed E-state index contributed by atoms with van der Waals surface area (Å²) in [5.74, 6) is 1.28. The SMILES string of the molecule is O=C(Cn1ccccc1=O)N1CC2CCC1C2OCC1CC1. The van der Waals surface area contributed by atoms with Crippen molar-refractivity contribution in [1.29, 1.82) is 0 Å². The number of carbonyl (C=O) groups excluding carboxylic acids is 1. The predicted molar refractivity (Wildman–Crippen MR) is 81.4 cm³/mol. The molecule has 2 aliphatic carbocycles. The average molecular weight is 302 g/mol. The summed E-state index contributed by atoms with van der Waals surface area (Å²) in [5, 5.41) is 0. The molecule has 2 heterocycles. The molecular formula is C17H22N2O3. The normalized spacial score (nSPS) is 30.0. The topological polar surface area (TPSA) is 51.5 Å². The molecule has 3 unspecified atom stereocenters. The van der Waals surface area contributed by atoms with Crippen LogP contribution in [0.2, 0.25) is 0 Å². The second-order valence-electron chi connectivity index (χ2n) is 6.86. The molecular weight excluding hydrogens is 280 g/mol. The molecule has 5 heteroatoms. The number of nitrogens with zero attached hydrogens (tertiary/aromatic N) is 2. The Kier molecular flexibility index (Phi) is 3.53. The number of pyridine rings is 1. The van der Waals surface area contributed by atoms with Crippen LogP contribution >= 0.6 is 0 Å². The van der Waals surface area contributed by atoms with E-state index in [1.807, 2.05) is 4.90 Å². The summed E-state index contributed by atoms with van der Waals surface area (Å²) < 4.78 is 7.59. The fraction of sp³-hybridized carbons (Fsp3) is 0.647. The third-order valence-electron chi connectivity index (χ3n) is 5.25. The number of ether oxygens (including phenoxy) is 1. The van der Waals surface area contributed by atoms with Crippen molar-refractivity contribution >= 4 is 5.91 Å². The van der Waals surface area contributed by atoms with E-state index in [4.69, 9.17) is 4.74 Å². The Bertz CT molecular complexity index is 622. The lowest BCUT2D eigenvalue weighted by Crippen LogP contribution is -2.42. The van der Waals surface area contributed by atoms with E-state index < -0.39 is 0 Å². The van der Waals surface area contributed by atoms with Crippen LogP contribution in [0.1, 0.15) is 25.7 Å². The molecule has 0 radical (unpaired) electrons. The number of amides is 1. The van der Waals surface area contributed by atoms with Crippen molar-refractivity contribution in [3.05, 3.63) is 34.7 Å². The molecule has 1 saturated heterocycles. The molecule has 3 atom stereocenters. The first-order valence-corrected chi connectivity index (χ1v) is 8.29. The zero-order valence-electron chi connectivity index (χ0n) is 12.7. The predicted octanol–water partition coefficient (Wildman–Crippen LogP) is 1.26. The minimum atomic E-state index is -0.123. The van der Waals surface area contributed by atoms with Crippen LogP contribution in [0.3, 0.4) is 0 Å². The van der Waals surface area contributed by atoms with E-state index in [1.165, 1.54) is 23.5 Å². The maximum absolute atomic E-state index is 12.6. The second-order valence-corrected chi connectivity index (χ2v) is 6.86. The van der Waals surface area contributed by atoms with E-state index in [9.17, 15) is 9.59 Å². The van der Waals surface area contributed by atoms with Gasteiger partial charge in [0.1, 0.15) is 6.54 Å². The number of piperidine rings is 1. The minimum Gasteiger partial charge on any atom is -0.375 e. The van der Waals surface area contributed by atoms with Gasteiger partial charge in [0.2, 0.25) is 5.91 Å². The zero-order valence-corrected chi connectivity index (χ0v) is 12.7. The number of hydrogen-bond acceptors (Lipinski definition) is 3. The third-order valence-corrected chi connectivity index (χ3v) is 5.25. The number of fused-ring (bicyclic) bond motifs is 2. The summed E-state index contributed by atoms with van der Waals surface area (Å²) in [6.07, 6.45) is 6.68. The first-order chi connectivity index (χ1) is 10.7.